The molecule has 132 valence electrons. The molecule has 1 saturated heterocycles. The second-order valence-corrected chi connectivity index (χ2v) is 9.23. The van der Waals surface area contributed by atoms with Crippen LogP contribution < -0.4 is 0 Å². The number of likely N-dealkylation sites (tertiary alicyclic amines) is 1. The lowest BCUT2D eigenvalue weighted by Gasteiger charge is -2.34. The summed E-state index contributed by atoms with van der Waals surface area (Å²) in [5.74, 6) is -0.246. The fourth-order valence-electron chi connectivity index (χ4n) is 3.93. The van der Waals surface area contributed by atoms with E-state index in [1.807, 2.05) is 10.3 Å². The van der Waals surface area contributed by atoms with E-state index in [4.69, 9.17) is 5.11 Å². The number of hydrogen-bond acceptors (Lipinski definition) is 3. The maximum absolute atomic E-state index is 12.9. The van der Waals surface area contributed by atoms with E-state index in [0.29, 0.717) is 37.3 Å². The van der Waals surface area contributed by atoms with Crippen molar-refractivity contribution >= 4 is 23.2 Å². The number of carbonyl (C=O) groups is 2. The first-order valence-corrected chi connectivity index (χ1v) is 9.76. The first kappa shape index (κ1) is 17.5. The fourth-order valence-corrected chi connectivity index (χ4v) is 5.09. The molecule has 1 aliphatic heterocycles. The molecule has 0 radical (unpaired) electrons. The number of rotatable bonds is 2. The normalized spacial score (nSPS) is 22.3. The van der Waals surface area contributed by atoms with Crippen LogP contribution in [0.2, 0.25) is 0 Å². The van der Waals surface area contributed by atoms with Crippen molar-refractivity contribution in [1.82, 2.24) is 4.90 Å². The number of thiophene rings is 1. The van der Waals surface area contributed by atoms with Crippen molar-refractivity contribution in [3.05, 3.63) is 21.4 Å². The molecule has 5 heteroatoms. The van der Waals surface area contributed by atoms with Gasteiger partial charge in [-0.1, -0.05) is 20.8 Å². The molecule has 3 rings (SSSR count). The predicted molar refractivity (Wildman–Crippen MR) is 95.6 cm³/mol. The highest BCUT2D eigenvalue weighted by molar-refractivity contribution is 7.10. The van der Waals surface area contributed by atoms with Crippen molar-refractivity contribution in [2.45, 2.75) is 52.9 Å². The molecule has 1 aromatic heterocycles. The van der Waals surface area contributed by atoms with Gasteiger partial charge in [-0.25, -0.2) is 0 Å². The number of carboxylic acids is 1. The Balaban J connectivity index is 1.70. The number of carboxylic acid groups (broad SMARTS) is 1. The number of hydrogen-bond donors (Lipinski definition) is 1. The molecule has 0 aromatic carbocycles. The highest BCUT2D eigenvalue weighted by atomic mass is 32.1. The van der Waals surface area contributed by atoms with Crippen LogP contribution in [0.15, 0.2) is 5.38 Å². The predicted octanol–water partition coefficient (Wildman–Crippen LogP) is 3.84. The lowest BCUT2D eigenvalue weighted by molar-refractivity contribution is -0.143. The summed E-state index contributed by atoms with van der Waals surface area (Å²) in [6.07, 6.45) is 4.36. The Morgan fingerprint density at radius 2 is 1.88 bits per heavy atom. The van der Waals surface area contributed by atoms with Crippen LogP contribution in [-0.2, 0) is 17.6 Å². The molecule has 1 aromatic rings. The third-order valence-corrected chi connectivity index (χ3v) is 6.79. The van der Waals surface area contributed by atoms with E-state index in [-0.39, 0.29) is 11.8 Å². The summed E-state index contributed by atoms with van der Waals surface area (Å²) < 4.78 is 0. The van der Waals surface area contributed by atoms with Gasteiger partial charge < -0.3 is 10.0 Å². The molecule has 1 atom stereocenters. The van der Waals surface area contributed by atoms with E-state index >= 15 is 0 Å². The molecule has 4 nitrogen and oxygen atoms in total. The van der Waals surface area contributed by atoms with Gasteiger partial charge in [-0.2, -0.15) is 0 Å². The van der Waals surface area contributed by atoms with Crippen LogP contribution in [0.3, 0.4) is 0 Å². The summed E-state index contributed by atoms with van der Waals surface area (Å²) in [6.45, 7) is 8.02. The molecule has 1 aliphatic carbocycles. The van der Waals surface area contributed by atoms with Crippen LogP contribution in [0.4, 0.5) is 0 Å². The van der Waals surface area contributed by atoms with E-state index in [1.165, 1.54) is 10.4 Å². The minimum atomic E-state index is -0.733. The number of nitrogens with zero attached hydrogens (tertiary/aromatic N) is 1. The van der Waals surface area contributed by atoms with Crippen molar-refractivity contribution in [3.8, 4) is 0 Å². The van der Waals surface area contributed by atoms with Gasteiger partial charge in [-0.05, 0) is 49.0 Å². The molecule has 2 aliphatic rings. The quantitative estimate of drug-likeness (QED) is 0.882. The van der Waals surface area contributed by atoms with Crippen LogP contribution in [-0.4, -0.2) is 35.0 Å². The zero-order valence-corrected chi connectivity index (χ0v) is 15.6. The van der Waals surface area contributed by atoms with Crippen molar-refractivity contribution in [2.75, 3.05) is 13.1 Å². The maximum Gasteiger partial charge on any atom is 0.306 e. The molecule has 1 fully saturated rings. The molecule has 0 saturated carbocycles. The summed E-state index contributed by atoms with van der Waals surface area (Å²) in [5, 5.41) is 11.1. The van der Waals surface area contributed by atoms with Gasteiger partial charge in [0.05, 0.1) is 11.5 Å². The van der Waals surface area contributed by atoms with Crippen LogP contribution >= 0.6 is 11.3 Å². The third-order valence-electron chi connectivity index (χ3n) is 5.74. The molecule has 2 heterocycles. The summed E-state index contributed by atoms with van der Waals surface area (Å²) >= 11 is 1.73. The second-order valence-electron chi connectivity index (χ2n) is 8.26. The monoisotopic (exact) mass is 349 g/mol. The Kier molecular flexibility index (Phi) is 4.73. The Morgan fingerprint density at radius 1 is 1.21 bits per heavy atom. The number of amides is 1. The van der Waals surface area contributed by atoms with E-state index < -0.39 is 5.97 Å². The Labute approximate surface area is 147 Å². The first-order chi connectivity index (χ1) is 11.3. The van der Waals surface area contributed by atoms with E-state index in [1.54, 1.807) is 11.3 Å². The molecule has 1 N–H and O–H groups in total. The molecule has 1 unspecified atom stereocenters. The number of aliphatic carboxylic acids is 1. The average molecular weight is 349 g/mol. The zero-order valence-electron chi connectivity index (χ0n) is 14.8. The maximum atomic E-state index is 12.9. The van der Waals surface area contributed by atoms with Crippen molar-refractivity contribution in [2.24, 2.45) is 17.3 Å². The topological polar surface area (TPSA) is 57.6 Å². The van der Waals surface area contributed by atoms with E-state index in [9.17, 15) is 9.59 Å². The minimum absolute atomic E-state index is 0.102. The number of carbonyl (C=O) groups excluding carboxylic acids is 1. The smallest absolute Gasteiger partial charge is 0.306 e. The zero-order chi connectivity index (χ0) is 17.5. The molecular formula is C19H27NO3S. The molecular weight excluding hydrogens is 322 g/mol. The van der Waals surface area contributed by atoms with E-state index in [2.05, 4.69) is 20.8 Å². The van der Waals surface area contributed by atoms with Crippen molar-refractivity contribution < 1.29 is 14.7 Å². The van der Waals surface area contributed by atoms with Gasteiger partial charge in [0.25, 0.3) is 5.91 Å². The highest BCUT2D eigenvalue weighted by Crippen LogP contribution is 2.41. The van der Waals surface area contributed by atoms with Gasteiger partial charge in [0.1, 0.15) is 0 Å². The lowest BCUT2D eigenvalue weighted by Crippen LogP contribution is -2.40. The third kappa shape index (κ3) is 3.37. The lowest BCUT2D eigenvalue weighted by atomic mass is 9.72. The summed E-state index contributed by atoms with van der Waals surface area (Å²) in [5.41, 5.74) is 2.44. The largest absolute Gasteiger partial charge is 0.481 e. The SMILES string of the molecule is CC(C)(C)C1CCc2c(C(=O)N3CCC(C(=O)O)CC3)csc2C1. The van der Waals surface area contributed by atoms with E-state index in [0.717, 1.165) is 24.8 Å². The van der Waals surface area contributed by atoms with Gasteiger partial charge in [0.2, 0.25) is 0 Å². The summed E-state index contributed by atoms with van der Waals surface area (Å²) in [7, 11) is 0. The van der Waals surface area contributed by atoms with Crippen molar-refractivity contribution in [3.63, 3.8) is 0 Å². The summed E-state index contributed by atoms with van der Waals surface area (Å²) in [6, 6.07) is 0. The van der Waals surface area contributed by atoms with Crippen LogP contribution in [0, 0.1) is 17.3 Å². The van der Waals surface area contributed by atoms with Crippen LogP contribution in [0.25, 0.3) is 0 Å². The minimum Gasteiger partial charge on any atom is -0.481 e. The van der Waals surface area contributed by atoms with Crippen molar-refractivity contribution in [1.29, 1.82) is 0 Å². The average Bonchev–Trinajstić information content (AvgIpc) is 2.96. The Bertz CT molecular complexity index is 636. The Morgan fingerprint density at radius 3 is 2.46 bits per heavy atom. The number of piperidine rings is 1. The number of fused-ring (bicyclic) bond motifs is 1. The van der Waals surface area contributed by atoms with Crippen LogP contribution in [0.1, 0.15) is 60.8 Å². The fraction of sp³-hybridized carbons (Fsp3) is 0.684. The van der Waals surface area contributed by atoms with Gasteiger partial charge in [0.15, 0.2) is 0 Å². The van der Waals surface area contributed by atoms with Gasteiger partial charge in [-0.3, -0.25) is 9.59 Å². The molecule has 0 spiro atoms. The van der Waals surface area contributed by atoms with Crippen LogP contribution in [0.5, 0.6) is 0 Å². The highest BCUT2D eigenvalue weighted by Gasteiger charge is 2.33. The van der Waals surface area contributed by atoms with Gasteiger partial charge >= 0.3 is 5.97 Å². The molecule has 24 heavy (non-hydrogen) atoms. The Hall–Kier alpha value is -1.36. The standard InChI is InChI=1S/C19H27NO3S/c1-19(2,3)13-4-5-14-15(11-24-16(14)10-13)17(21)20-8-6-12(7-9-20)18(22)23/h11-13H,4-10H2,1-3H3,(H,22,23). The molecule has 1 amide bonds. The first-order valence-electron chi connectivity index (χ1n) is 8.88. The summed E-state index contributed by atoms with van der Waals surface area (Å²) in [4.78, 5) is 27.2. The van der Waals surface area contributed by atoms with Gasteiger partial charge in [0, 0.05) is 23.3 Å². The van der Waals surface area contributed by atoms with Gasteiger partial charge in [-0.15, -0.1) is 11.3 Å². The molecule has 0 bridgehead atoms. The second kappa shape index (κ2) is 6.51.